The topological polar surface area (TPSA) is 67.2 Å². The zero-order chi connectivity index (χ0) is 16.4. The fourth-order valence-electron chi connectivity index (χ4n) is 2.83. The fraction of sp³-hybridized carbons (Fsp3) is 0.353. The molecule has 1 aromatic carbocycles. The second kappa shape index (κ2) is 6.24. The molecule has 2 aromatic rings. The average Bonchev–Trinajstić information content (AvgIpc) is 2.89. The number of hydrogen-bond donors (Lipinski definition) is 1. The third kappa shape index (κ3) is 3.41. The fourth-order valence-corrected chi connectivity index (χ4v) is 2.83. The van der Waals surface area contributed by atoms with E-state index in [2.05, 4.69) is 10.4 Å². The zero-order valence-corrected chi connectivity index (χ0v) is 13.4. The van der Waals surface area contributed by atoms with Crippen LogP contribution in [0.15, 0.2) is 30.3 Å². The van der Waals surface area contributed by atoms with Crippen LogP contribution in [0.3, 0.4) is 0 Å². The lowest BCUT2D eigenvalue weighted by atomic mass is 10.1. The summed E-state index contributed by atoms with van der Waals surface area (Å²) in [6.07, 6.45) is 0.973. The van der Waals surface area contributed by atoms with E-state index in [0.717, 1.165) is 31.0 Å². The summed E-state index contributed by atoms with van der Waals surface area (Å²) in [4.78, 5) is 25.8. The summed E-state index contributed by atoms with van der Waals surface area (Å²) in [5.74, 6) is 0.871. The molecule has 0 fully saturated rings. The van der Waals surface area contributed by atoms with Crippen molar-refractivity contribution in [3.05, 3.63) is 41.6 Å². The van der Waals surface area contributed by atoms with Crippen LogP contribution in [0.4, 0.5) is 11.5 Å². The van der Waals surface area contributed by atoms with Gasteiger partial charge in [-0.2, -0.15) is 5.10 Å². The van der Waals surface area contributed by atoms with Gasteiger partial charge in [0.2, 0.25) is 5.91 Å². The van der Waals surface area contributed by atoms with Gasteiger partial charge in [0.1, 0.15) is 5.82 Å². The van der Waals surface area contributed by atoms with Gasteiger partial charge in [0.15, 0.2) is 5.78 Å². The van der Waals surface area contributed by atoms with Crippen molar-refractivity contribution in [2.75, 3.05) is 23.3 Å². The van der Waals surface area contributed by atoms with Crippen molar-refractivity contribution in [3.8, 4) is 0 Å². The van der Waals surface area contributed by atoms with E-state index >= 15 is 0 Å². The van der Waals surface area contributed by atoms with Crippen LogP contribution in [0.25, 0.3) is 0 Å². The highest BCUT2D eigenvalue weighted by Crippen LogP contribution is 2.21. The molecule has 0 unspecified atom stereocenters. The number of carbonyl (C=O) groups is 2. The Bertz CT molecular complexity index is 751. The van der Waals surface area contributed by atoms with Gasteiger partial charge in [-0.25, -0.2) is 4.68 Å². The highest BCUT2D eigenvalue weighted by molar-refractivity contribution is 5.98. The predicted molar refractivity (Wildman–Crippen MR) is 88.9 cm³/mol. The largest absolute Gasteiger partial charge is 0.347 e. The van der Waals surface area contributed by atoms with Crippen molar-refractivity contribution < 1.29 is 9.59 Å². The van der Waals surface area contributed by atoms with E-state index in [0.29, 0.717) is 11.3 Å². The van der Waals surface area contributed by atoms with E-state index in [4.69, 9.17) is 0 Å². The molecule has 0 saturated carbocycles. The van der Waals surface area contributed by atoms with Crippen LogP contribution in [0, 0.1) is 6.92 Å². The van der Waals surface area contributed by atoms with Gasteiger partial charge in [0.05, 0.1) is 12.2 Å². The molecule has 1 N–H and O–H groups in total. The lowest BCUT2D eigenvalue weighted by molar-refractivity contribution is -0.115. The quantitative estimate of drug-likeness (QED) is 0.879. The van der Waals surface area contributed by atoms with E-state index in [-0.39, 0.29) is 18.2 Å². The highest BCUT2D eigenvalue weighted by Gasteiger charge is 2.20. The lowest BCUT2D eigenvalue weighted by Gasteiger charge is -2.28. The van der Waals surface area contributed by atoms with Crippen LogP contribution in [-0.4, -0.2) is 34.6 Å². The van der Waals surface area contributed by atoms with Gasteiger partial charge in [-0.3, -0.25) is 9.59 Å². The number of carbonyl (C=O) groups excluding carboxylic acids is 2. The molecule has 1 aromatic heterocycles. The molecule has 0 bridgehead atoms. The minimum absolute atomic E-state index is 0.0171. The van der Waals surface area contributed by atoms with Gasteiger partial charge in [-0.05, 0) is 32.4 Å². The molecule has 3 rings (SSSR count). The Labute approximate surface area is 135 Å². The Morgan fingerprint density at radius 3 is 2.87 bits per heavy atom. The van der Waals surface area contributed by atoms with E-state index in [1.165, 1.54) is 6.92 Å². The van der Waals surface area contributed by atoms with E-state index in [1.54, 1.807) is 24.3 Å². The van der Waals surface area contributed by atoms with Gasteiger partial charge < -0.3 is 10.2 Å². The summed E-state index contributed by atoms with van der Waals surface area (Å²) in [6.45, 7) is 5.47. The smallest absolute Gasteiger partial charge is 0.243 e. The summed E-state index contributed by atoms with van der Waals surface area (Å²) in [6, 6.07) is 9.00. The molecule has 120 valence electrons. The van der Waals surface area contributed by atoms with E-state index in [9.17, 15) is 9.59 Å². The number of fused-ring (bicyclic) bond motifs is 1. The molecule has 0 saturated heterocycles. The number of nitrogens with one attached hydrogen (secondary N) is 1. The molecule has 6 nitrogen and oxygen atoms in total. The number of hydrogen-bond acceptors (Lipinski definition) is 4. The Kier molecular flexibility index (Phi) is 4.14. The van der Waals surface area contributed by atoms with Crippen LogP contribution in [0.5, 0.6) is 0 Å². The first-order valence-electron chi connectivity index (χ1n) is 7.73. The van der Waals surface area contributed by atoms with Crippen molar-refractivity contribution in [2.45, 2.75) is 26.8 Å². The second-order valence-electron chi connectivity index (χ2n) is 5.83. The first kappa shape index (κ1) is 15.3. The number of amides is 1. The van der Waals surface area contributed by atoms with Crippen molar-refractivity contribution in [3.63, 3.8) is 0 Å². The number of aromatic nitrogens is 2. The minimum atomic E-state index is -0.0991. The molecule has 1 aliphatic heterocycles. The maximum Gasteiger partial charge on any atom is 0.243 e. The number of ketones is 1. The Morgan fingerprint density at radius 2 is 2.09 bits per heavy atom. The van der Waals surface area contributed by atoms with Crippen molar-refractivity contribution in [2.24, 2.45) is 0 Å². The zero-order valence-electron chi connectivity index (χ0n) is 13.4. The molecule has 0 radical (unpaired) electrons. The lowest BCUT2D eigenvalue weighted by Crippen LogP contribution is -2.38. The SMILES string of the molecule is CC(=O)c1cccc(NC(=O)CN2CCCn3nc(C)cc32)c1. The number of rotatable bonds is 4. The molecule has 0 atom stereocenters. The standard InChI is InChI=1S/C17H20N4O2/c1-12-9-17-20(7-4-8-21(17)19-12)11-16(23)18-15-6-3-5-14(10-15)13(2)22/h3,5-6,9-10H,4,7-8,11H2,1-2H3,(H,18,23). The van der Waals surface area contributed by atoms with Gasteiger partial charge in [-0.1, -0.05) is 12.1 Å². The molecular weight excluding hydrogens is 292 g/mol. The van der Waals surface area contributed by atoms with Crippen molar-refractivity contribution in [1.29, 1.82) is 0 Å². The van der Waals surface area contributed by atoms with Crippen LogP contribution < -0.4 is 10.2 Å². The molecule has 0 spiro atoms. The molecule has 23 heavy (non-hydrogen) atoms. The first-order valence-corrected chi connectivity index (χ1v) is 7.73. The molecule has 6 heteroatoms. The normalized spacial score (nSPS) is 13.6. The summed E-state index contributed by atoms with van der Waals surface area (Å²) in [7, 11) is 0. The van der Waals surface area contributed by atoms with Crippen LogP contribution in [0.1, 0.15) is 29.4 Å². The summed E-state index contributed by atoms with van der Waals surface area (Å²) in [5.41, 5.74) is 2.19. The number of aryl methyl sites for hydroxylation is 2. The third-order valence-corrected chi connectivity index (χ3v) is 3.89. The Morgan fingerprint density at radius 1 is 1.26 bits per heavy atom. The maximum atomic E-state index is 12.3. The van der Waals surface area contributed by atoms with E-state index in [1.807, 2.05) is 22.6 Å². The first-order chi connectivity index (χ1) is 11.0. The molecule has 1 aliphatic rings. The monoisotopic (exact) mass is 312 g/mol. The number of anilines is 2. The molecule has 0 aliphatic carbocycles. The Balaban J connectivity index is 1.68. The number of benzene rings is 1. The average molecular weight is 312 g/mol. The number of Topliss-reactive ketones (excluding diaryl/α,β-unsaturated/α-hetero) is 1. The molecule has 2 heterocycles. The van der Waals surface area contributed by atoms with Gasteiger partial charge in [0, 0.05) is 30.4 Å². The number of nitrogens with zero attached hydrogens (tertiary/aromatic N) is 3. The van der Waals surface area contributed by atoms with Gasteiger partial charge in [0.25, 0.3) is 0 Å². The molecule has 1 amide bonds. The molecular formula is C17H20N4O2. The van der Waals surface area contributed by atoms with Crippen LogP contribution >= 0.6 is 0 Å². The second-order valence-corrected chi connectivity index (χ2v) is 5.83. The summed E-state index contributed by atoms with van der Waals surface area (Å²) >= 11 is 0. The summed E-state index contributed by atoms with van der Waals surface area (Å²) in [5, 5.41) is 7.29. The maximum absolute atomic E-state index is 12.3. The summed E-state index contributed by atoms with van der Waals surface area (Å²) < 4.78 is 1.95. The minimum Gasteiger partial charge on any atom is -0.347 e. The van der Waals surface area contributed by atoms with Crippen LogP contribution in [-0.2, 0) is 11.3 Å². The van der Waals surface area contributed by atoms with Crippen molar-refractivity contribution in [1.82, 2.24) is 9.78 Å². The van der Waals surface area contributed by atoms with E-state index < -0.39 is 0 Å². The van der Waals surface area contributed by atoms with Gasteiger partial charge in [-0.15, -0.1) is 0 Å². The van der Waals surface area contributed by atoms with Gasteiger partial charge >= 0.3 is 0 Å². The van der Waals surface area contributed by atoms with Crippen LogP contribution in [0.2, 0.25) is 0 Å². The van der Waals surface area contributed by atoms with Crippen molar-refractivity contribution >= 4 is 23.2 Å². The third-order valence-electron chi connectivity index (χ3n) is 3.89. The Hall–Kier alpha value is -2.63. The highest BCUT2D eigenvalue weighted by atomic mass is 16.2. The predicted octanol–water partition coefficient (Wildman–Crippen LogP) is 2.24.